The Labute approximate surface area is 74.2 Å². The third-order valence-corrected chi connectivity index (χ3v) is 1.66. The summed E-state index contributed by atoms with van der Waals surface area (Å²) in [5, 5.41) is 17.7. The van der Waals surface area contributed by atoms with Gasteiger partial charge in [0.05, 0.1) is 6.61 Å². The van der Waals surface area contributed by atoms with Crippen molar-refractivity contribution in [2.45, 2.75) is 19.1 Å². The van der Waals surface area contributed by atoms with E-state index in [-0.39, 0.29) is 0 Å². The molecule has 0 amide bonds. The Morgan fingerprint density at radius 3 is 2.38 bits per heavy atom. The zero-order chi connectivity index (χ0) is 10.6. The Morgan fingerprint density at radius 1 is 1.62 bits per heavy atom. The van der Waals surface area contributed by atoms with E-state index in [9.17, 15) is 14.3 Å². The van der Waals surface area contributed by atoms with Crippen molar-refractivity contribution in [3.63, 3.8) is 0 Å². The van der Waals surface area contributed by atoms with Crippen LogP contribution in [0.1, 0.15) is 6.92 Å². The number of Topliss-reactive ketones (excluding diaryl/α,β-unsaturated/α-hetero) is 1. The molecule has 3 atom stereocenters. The standard InChI is InChI=1S/C5H11O7P/c1-3(6)5(8)4(7)2-12-13(9,10)11/h4-5,7-8H,2H2,1H3,(H2,9,10,11)/p-1/t4-,5-/m1/s1. The molecule has 13 heavy (non-hydrogen) atoms. The highest BCUT2D eigenvalue weighted by atomic mass is 31.2. The van der Waals surface area contributed by atoms with Crippen LogP contribution in [0.2, 0.25) is 0 Å². The van der Waals surface area contributed by atoms with Crippen molar-refractivity contribution >= 4 is 13.6 Å². The van der Waals surface area contributed by atoms with Crippen LogP contribution in [0.4, 0.5) is 0 Å². The maximum Gasteiger partial charge on any atom is 0.265 e. The van der Waals surface area contributed by atoms with Crippen molar-refractivity contribution < 1.29 is 33.9 Å². The molecule has 0 aliphatic heterocycles. The summed E-state index contributed by atoms with van der Waals surface area (Å²) in [6.07, 6.45) is -3.39. The number of phosphoric acid groups is 1. The number of ketones is 1. The van der Waals surface area contributed by atoms with Gasteiger partial charge in [-0.2, -0.15) is 0 Å². The zero-order valence-corrected chi connectivity index (χ0v) is 7.68. The molecule has 0 rings (SSSR count). The molecular formula is C5H10O7P-. The lowest BCUT2D eigenvalue weighted by Crippen LogP contribution is -2.35. The summed E-state index contributed by atoms with van der Waals surface area (Å²) >= 11 is 0. The minimum atomic E-state index is -4.92. The van der Waals surface area contributed by atoms with Crippen LogP contribution in [-0.2, 0) is 13.9 Å². The maximum atomic E-state index is 10.4. The van der Waals surface area contributed by atoms with Crippen molar-refractivity contribution in [2.75, 3.05) is 6.61 Å². The Bertz CT molecular complexity index is 221. The summed E-state index contributed by atoms with van der Waals surface area (Å²) in [4.78, 5) is 28.5. The Balaban J connectivity index is 3.95. The average Bonchev–Trinajstić information content (AvgIpc) is 1.97. The van der Waals surface area contributed by atoms with E-state index in [0.29, 0.717) is 0 Å². The molecule has 0 heterocycles. The van der Waals surface area contributed by atoms with Crippen LogP contribution in [0.5, 0.6) is 0 Å². The number of carbonyl (C=O) groups excluding carboxylic acids is 1. The van der Waals surface area contributed by atoms with Crippen LogP contribution >= 0.6 is 7.82 Å². The first-order chi connectivity index (χ1) is 5.74. The fourth-order valence-corrected chi connectivity index (χ4v) is 0.874. The molecule has 0 aromatic carbocycles. The molecule has 0 aromatic heterocycles. The van der Waals surface area contributed by atoms with Gasteiger partial charge in [-0.15, -0.1) is 0 Å². The lowest BCUT2D eigenvalue weighted by Gasteiger charge is -2.20. The molecule has 1 unspecified atom stereocenters. The van der Waals surface area contributed by atoms with Crippen molar-refractivity contribution in [3.05, 3.63) is 0 Å². The van der Waals surface area contributed by atoms with Crippen LogP contribution in [0.25, 0.3) is 0 Å². The summed E-state index contributed by atoms with van der Waals surface area (Å²) in [5.41, 5.74) is 0. The van der Waals surface area contributed by atoms with Gasteiger partial charge in [-0.1, -0.05) is 0 Å². The topological polar surface area (TPSA) is 127 Å². The predicted molar refractivity (Wildman–Crippen MR) is 38.5 cm³/mol. The number of hydrogen-bond acceptors (Lipinski definition) is 6. The number of phosphoric ester groups is 1. The first-order valence-electron chi connectivity index (χ1n) is 3.29. The molecule has 0 aliphatic carbocycles. The minimum Gasteiger partial charge on any atom is -0.756 e. The van der Waals surface area contributed by atoms with E-state index in [4.69, 9.17) is 15.1 Å². The van der Waals surface area contributed by atoms with E-state index in [1.54, 1.807) is 0 Å². The monoisotopic (exact) mass is 213 g/mol. The van der Waals surface area contributed by atoms with Crippen LogP contribution in [0.15, 0.2) is 0 Å². The first kappa shape index (κ1) is 12.7. The van der Waals surface area contributed by atoms with Crippen LogP contribution in [0.3, 0.4) is 0 Å². The number of rotatable bonds is 5. The van der Waals surface area contributed by atoms with Gasteiger partial charge in [0.1, 0.15) is 12.2 Å². The van der Waals surface area contributed by atoms with Gasteiger partial charge in [-0.05, 0) is 6.92 Å². The van der Waals surface area contributed by atoms with Gasteiger partial charge in [0.2, 0.25) is 0 Å². The number of hydrogen-bond donors (Lipinski definition) is 3. The van der Waals surface area contributed by atoms with Gasteiger partial charge in [0.25, 0.3) is 7.82 Å². The summed E-state index contributed by atoms with van der Waals surface area (Å²) in [5.74, 6) is -0.727. The second kappa shape index (κ2) is 4.80. The quantitative estimate of drug-likeness (QED) is 0.441. The largest absolute Gasteiger partial charge is 0.756 e. The highest BCUT2D eigenvalue weighted by molar-refractivity contribution is 7.44. The van der Waals surface area contributed by atoms with Crippen molar-refractivity contribution in [1.82, 2.24) is 0 Å². The Kier molecular flexibility index (Phi) is 4.69. The van der Waals surface area contributed by atoms with Crippen molar-refractivity contribution in [2.24, 2.45) is 0 Å². The molecule has 0 aromatic rings. The normalized spacial score (nSPS) is 20.4. The highest BCUT2D eigenvalue weighted by Crippen LogP contribution is 2.30. The second-order valence-electron chi connectivity index (χ2n) is 2.39. The first-order valence-corrected chi connectivity index (χ1v) is 4.78. The third kappa shape index (κ3) is 5.87. The molecule has 0 saturated carbocycles. The third-order valence-electron chi connectivity index (χ3n) is 1.19. The summed E-state index contributed by atoms with van der Waals surface area (Å²) in [6, 6.07) is 0. The smallest absolute Gasteiger partial charge is 0.265 e. The molecule has 0 radical (unpaired) electrons. The van der Waals surface area contributed by atoms with Crippen LogP contribution in [0, 0.1) is 0 Å². The van der Waals surface area contributed by atoms with Gasteiger partial charge >= 0.3 is 0 Å². The molecule has 0 fully saturated rings. The molecule has 3 N–H and O–H groups in total. The van der Waals surface area contributed by atoms with E-state index in [1.807, 2.05) is 0 Å². The van der Waals surface area contributed by atoms with E-state index in [1.165, 1.54) is 0 Å². The van der Waals surface area contributed by atoms with E-state index in [2.05, 4.69) is 4.52 Å². The number of aliphatic hydroxyl groups is 2. The number of aliphatic hydroxyl groups excluding tert-OH is 2. The van der Waals surface area contributed by atoms with E-state index in [0.717, 1.165) is 6.92 Å². The molecule has 7 nitrogen and oxygen atoms in total. The van der Waals surface area contributed by atoms with Crippen molar-refractivity contribution in [1.29, 1.82) is 0 Å². The molecule has 0 saturated heterocycles. The Morgan fingerprint density at radius 2 is 2.08 bits per heavy atom. The summed E-state index contributed by atoms with van der Waals surface area (Å²) in [6.45, 7) is 0.154. The lowest BCUT2D eigenvalue weighted by molar-refractivity contribution is -0.222. The lowest BCUT2D eigenvalue weighted by atomic mass is 10.1. The van der Waals surface area contributed by atoms with Gasteiger partial charge in [0, 0.05) is 0 Å². The fourth-order valence-electron chi connectivity index (χ4n) is 0.533. The van der Waals surface area contributed by atoms with Crippen molar-refractivity contribution in [3.8, 4) is 0 Å². The van der Waals surface area contributed by atoms with Crippen LogP contribution in [-0.4, -0.2) is 39.7 Å². The van der Waals surface area contributed by atoms with Gasteiger partial charge in [-0.25, -0.2) is 0 Å². The van der Waals surface area contributed by atoms with E-state index >= 15 is 0 Å². The molecule has 0 bridgehead atoms. The molecular weight excluding hydrogens is 203 g/mol. The maximum absolute atomic E-state index is 10.4. The molecule has 0 spiro atoms. The second-order valence-corrected chi connectivity index (χ2v) is 3.58. The minimum absolute atomic E-state index is 0.727. The van der Waals surface area contributed by atoms with Gasteiger partial charge < -0.3 is 24.5 Å². The number of carbonyl (C=O) groups is 1. The highest BCUT2D eigenvalue weighted by Gasteiger charge is 2.21. The SMILES string of the molecule is CC(=O)[C@@H](O)[C@H](O)COP(=O)([O-])O. The summed E-state index contributed by atoms with van der Waals surface area (Å²) in [7, 11) is -4.92. The predicted octanol–water partition coefficient (Wildman–Crippen LogP) is -2.23. The van der Waals surface area contributed by atoms with Gasteiger partial charge in [-0.3, -0.25) is 9.36 Å². The fraction of sp³-hybridized carbons (Fsp3) is 0.800. The Hall–Kier alpha value is -0.300. The summed E-state index contributed by atoms with van der Waals surface area (Å²) < 4.78 is 13.8. The molecule has 78 valence electrons. The molecule has 0 aliphatic rings. The van der Waals surface area contributed by atoms with E-state index < -0.39 is 32.4 Å². The molecule has 8 heteroatoms. The average molecular weight is 213 g/mol. The van der Waals surface area contributed by atoms with Crippen LogP contribution < -0.4 is 4.89 Å². The zero-order valence-electron chi connectivity index (χ0n) is 6.78. The van der Waals surface area contributed by atoms with Gasteiger partial charge in [0.15, 0.2) is 5.78 Å².